The number of aryl methyl sites for hydroxylation is 2. The van der Waals surface area contributed by atoms with Gasteiger partial charge in [0.2, 0.25) is 5.82 Å². The smallest absolute Gasteiger partial charge is 0.304 e. The van der Waals surface area contributed by atoms with Gasteiger partial charge in [-0.2, -0.15) is 0 Å². The van der Waals surface area contributed by atoms with Crippen molar-refractivity contribution in [3.8, 4) is 11.4 Å². The first-order valence-electron chi connectivity index (χ1n) is 8.12. The van der Waals surface area contributed by atoms with Crippen LogP contribution < -0.4 is 9.46 Å². The van der Waals surface area contributed by atoms with Gasteiger partial charge in [0.1, 0.15) is 17.4 Å². The predicted molar refractivity (Wildman–Crippen MR) is 98.4 cm³/mol. The van der Waals surface area contributed by atoms with Crippen molar-refractivity contribution >= 4 is 15.9 Å². The highest BCUT2D eigenvalue weighted by molar-refractivity contribution is 7.90. The normalized spacial score (nSPS) is 11.3. The Balaban J connectivity index is 1.85. The molecule has 0 spiro atoms. The topological polar surface area (TPSA) is 103 Å². The fraction of sp³-hybridized carbons (Fsp3) is 0.167. The molecule has 3 aromatic rings. The summed E-state index contributed by atoms with van der Waals surface area (Å²) in [6.45, 7) is 3.28. The van der Waals surface area contributed by atoms with Crippen LogP contribution >= 0.6 is 0 Å². The number of nitrogens with zero attached hydrogens (tertiary/aromatic N) is 3. The summed E-state index contributed by atoms with van der Waals surface area (Å²) in [5.74, 6) is -0.844. The number of ether oxygens (including phenoxy) is 1. The number of sulfonamides is 1. The standard InChI is InChI=1S/C18H17FN4O4S/c1-11-10-15(8-9-16(11)27-3)28(25,26)22-18(24)17-20-12(2)23(21-17)14-6-4-13(19)5-7-14/h4-10H,1-3H3,(H,22,24). The molecule has 1 heterocycles. The van der Waals surface area contributed by atoms with E-state index in [9.17, 15) is 17.6 Å². The first-order chi connectivity index (χ1) is 13.2. The van der Waals surface area contributed by atoms with Crippen molar-refractivity contribution in [3.63, 3.8) is 0 Å². The van der Waals surface area contributed by atoms with Crippen LogP contribution in [0, 0.1) is 19.7 Å². The van der Waals surface area contributed by atoms with Gasteiger partial charge < -0.3 is 4.74 Å². The second kappa shape index (κ2) is 7.39. The Bertz CT molecular complexity index is 1140. The molecule has 146 valence electrons. The van der Waals surface area contributed by atoms with E-state index < -0.39 is 21.7 Å². The Hall–Kier alpha value is -3.27. The van der Waals surface area contributed by atoms with Crippen LogP contribution in [0.1, 0.15) is 22.0 Å². The third kappa shape index (κ3) is 3.86. The molecule has 0 atom stereocenters. The maximum Gasteiger partial charge on any atom is 0.304 e. The molecule has 0 unspecified atom stereocenters. The average Bonchev–Trinajstić information content (AvgIpc) is 3.04. The average molecular weight is 404 g/mol. The molecule has 8 nitrogen and oxygen atoms in total. The van der Waals surface area contributed by atoms with Crippen molar-refractivity contribution in [2.24, 2.45) is 0 Å². The number of nitrogens with one attached hydrogen (secondary N) is 1. The molecule has 1 N–H and O–H groups in total. The van der Waals surface area contributed by atoms with Crippen LogP contribution in [0.3, 0.4) is 0 Å². The van der Waals surface area contributed by atoms with Crippen LogP contribution in [0.15, 0.2) is 47.4 Å². The van der Waals surface area contributed by atoms with Gasteiger partial charge in [0.15, 0.2) is 0 Å². The Kier molecular flexibility index (Phi) is 5.14. The zero-order chi connectivity index (χ0) is 20.5. The van der Waals surface area contributed by atoms with E-state index in [-0.39, 0.29) is 10.7 Å². The Morgan fingerprint density at radius 1 is 1.14 bits per heavy atom. The van der Waals surface area contributed by atoms with Gasteiger partial charge in [0, 0.05) is 0 Å². The lowest BCUT2D eigenvalue weighted by Crippen LogP contribution is -2.31. The fourth-order valence-corrected chi connectivity index (χ4v) is 3.59. The zero-order valence-corrected chi connectivity index (χ0v) is 16.1. The van der Waals surface area contributed by atoms with E-state index in [1.807, 2.05) is 4.72 Å². The van der Waals surface area contributed by atoms with Gasteiger partial charge in [-0.15, -0.1) is 5.10 Å². The van der Waals surface area contributed by atoms with E-state index in [1.165, 1.54) is 54.3 Å². The van der Waals surface area contributed by atoms with Crippen LogP contribution in [0.5, 0.6) is 5.75 Å². The highest BCUT2D eigenvalue weighted by Gasteiger charge is 2.23. The minimum absolute atomic E-state index is 0.0890. The van der Waals surface area contributed by atoms with Gasteiger partial charge in [0.25, 0.3) is 10.0 Å². The first kappa shape index (κ1) is 19.5. The molecule has 0 fully saturated rings. The number of hydrogen-bond donors (Lipinski definition) is 1. The number of amides is 1. The number of rotatable bonds is 5. The minimum Gasteiger partial charge on any atom is -0.496 e. The number of hydrogen-bond acceptors (Lipinski definition) is 6. The molecule has 28 heavy (non-hydrogen) atoms. The van der Waals surface area contributed by atoms with Crippen molar-refractivity contribution in [1.29, 1.82) is 0 Å². The summed E-state index contributed by atoms with van der Waals surface area (Å²) in [6, 6.07) is 9.64. The second-order valence-corrected chi connectivity index (χ2v) is 7.62. The van der Waals surface area contributed by atoms with E-state index in [0.717, 1.165) is 0 Å². The van der Waals surface area contributed by atoms with Crippen molar-refractivity contribution in [3.05, 3.63) is 65.5 Å². The van der Waals surface area contributed by atoms with Crippen LogP contribution in [0.25, 0.3) is 5.69 Å². The van der Waals surface area contributed by atoms with Crippen molar-refractivity contribution in [1.82, 2.24) is 19.5 Å². The summed E-state index contributed by atoms with van der Waals surface area (Å²) in [5, 5.41) is 4.02. The Labute approximate surface area is 161 Å². The van der Waals surface area contributed by atoms with Gasteiger partial charge in [-0.1, -0.05) is 0 Å². The van der Waals surface area contributed by atoms with Crippen LogP contribution in [0.4, 0.5) is 4.39 Å². The second-order valence-electron chi connectivity index (χ2n) is 5.94. The third-order valence-corrected chi connectivity index (χ3v) is 5.28. The summed E-state index contributed by atoms with van der Waals surface area (Å²) in [6.07, 6.45) is 0. The number of methoxy groups -OCH3 is 1. The Morgan fingerprint density at radius 3 is 2.43 bits per heavy atom. The molecule has 1 amide bonds. The molecule has 0 bridgehead atoms. The van der Waals surface area contributed by atoms with E-state index in [0.29, 0.717) is 22.8 Å². The lowest BCUT2D eigenvalue weighted by Gasteiger charge is -2.08. The molecule has 0 aliphatic heterocycles. The number of carbonyl (C=O) groups is 1. The molecule has 2 aromatic carbocycles. The molecule has 0 saturated heterocycles. The fourth-order valence-electron chi connectivity index (χ4n) is 2.56. The van der Waals surface area contributed by atoms with Crippen molar-refractivity contribution in [2.45, 2.75) is 18.7 Å². The van der Waals surface area contributed by atoms with Crippen molar-refractivity contribution in [2.75, 3.05) is 7.11 Å². The highest BCUT2D eigenvalue weighted by Crippen LogP contribution is 2.21. The van der Waals surface area contributed by atoms with Gasteiger partial charge >= 0.3 is 5.91 Å². The molecular weight excluding hydrogens is 387 g/mol. The first-order valence-corrected chi connectivity index (χ1v) is 9.61. The maximum absolute atomic E-state index is 13.1. The molecule has 0 aliphatic carbocycles. The highest BCUT2D eigenvalue weighted by atomic mass is 32.2. The maximum atomic E-state index is 13.1. The lowest BCUT2D eigenvalue weighted by molar-refractivity contribution is 0.0971. The van der Waals surface area contributed by atoms with Gasteiger partial charge in [-0.25, -0.2) is 27.2 Å². The number of benzene rings is 2. The van der Waals surface area contributed by atoms with E-state index in [4.69, 9.17) is 4.74 Å². The minimum atomic E-state index is -4.12. The predicted octanol–water partition coefficient (Wildman–Crippen LogP) is 2.15. The number of carbonyl (C=O) groups excluding carboxylic acids is 1. The zero-order valence-electron chi connectivity index (χ0n) is 15.3. The van der Waals surface area contributed by atoms with Crippen molar-refractivity contribution < 1.29 is 22.3 Å². The molecule has 0 radical (unpaired) electrons. The van der Waals surface area contributed by atoms with Crippen LogP contribution in [-0.2, 0) is 10.0 Å². The molecule has 0 saturated carbocycles. The largest absolute Gasteiger partial charge is 0.496 e. The quantitative estimate of drug-likeness (QED) is 0.699. The lowest BCUT2D eigenvalue weighted by atomic mass is 10.2. The van der Waals surface area contributed by atoms with Crippen LogP contribution in [-0.4, -0.2) is 36.2 Å². The summed E-state index contributed by atoms with van der Waals surface area (Å²) in [7, 11) is -2.65. The number of aromatic nitrogens is 3. The summed E-state index contributed by atoms with van der Waals surface area (Å²) < 4.78 is 46.4. The summed E-state index contributed by atoms with van der Waals surface area (Å²) in [4.78, 5) is 16.3. The van der Waals surface area contributed by atoms with Gasteiger partial charge in [-0.05, 0) is 61.9 Å². The molecule has 10 heteroatoms. The molecule has 1 aromatic heterocycles. The van der Waals surface area contributed by atoms with Gasteiger partial charge in [0.05, 0.1) is 17.7 Å². The Morgan fingerprint density at radius 2 is 1.82 bits per heavy atom. The molecular formula is C18H17FN4O4S. The molecule has 0 aliphatic rings. The summed E-state index contributed by atoms with van der Waals surface area (Å²) >= 11 is 0. The monoisotopic (exact) mass is 404 g/mol. The molecule has 3 rings (SSSR count). The van der Waals surface area contributed by atoms with E-state index >= 15 is 0 Å². The third-order valence-electron chi connectivity index (χ3n) is 3.95. The van der Waals surface area contributed by atoms with E-state index in [1.54, 1.807) is 13.8 Å². The van der Waals surface area contributed by atoms with E-state index in [2.05, 4.69) is 10.1 Å². The summed E-state index contributed by atoms with van der Waals surface area (Å²) in [5.41, 5.74) is 1.09. The van der Waals surface area contributed by atoms with Gasteiger partial charge in [-0.3, -0.25) is 4.79 Å². The number of halogens is 1. The van der Waals surface area contributed by atoms with Crippen LogP contribution in [0.2, 0.25) is 0 Å². The SMILES string of the molecule is COc1ccc(S(=O)(=O)NC(=O)c2nc(C)n(-c3ccc(F)cc3)n2)cc1C.